The molecule has 7 nitrogen and oxygen atoms in total. The summed E-state index contributed by atoms with van der Waals surface area (Å²) in [4.78, 5) is 26.9. The molecule has 1 fully saturated rings. The Morgan fingerprint density at radius 3 is 2.79 bits per heavy atom. The number of anilines is 1. The Balaban J connectivity index is 1.69. The van der Waals surface area contributed by atoms with Crippen LogP contribution in [0, 0.1) is 11.8 Å². The minimum absolute atomic E-state index is 0.0498. The number of nitrogens with two attached hydrogens (primary N) is 1. The van der Waals surface area contributed by atoms with Gasteiger partial charge in [-0.3, -0.25) is 4.79 Å². The number of fused-ring (bicyclic) bond motifs is 1. The van der Waals surface area contributed by atoms with Gasteiger partial charge >= 0.3 is 0 Å². The molecule has 1 aromatic carbocycles. The lowest BCUT2D eigenvalue weighted by molar-refractivity contribution is -0.138. The van der Waals surface area contributed by atoms with Gasteiger partial charge in [-0.15, -0.1) is 0 Å². The third kappa shape index (κ3) is 3.41. The van der Waals surface area contributed by atoms with E-state index >= 15 is 0 Å². The molecule has 0 bridgehead atoms. The zero-order valence-corrected chi connectivity index (χ0v) is 16.5. The minimum Gasteiger partial charge on any atom is -0.382 e. The first kappa shape index (κ1) is 18.9. The molecule has 0 radical (unpaired) electrons. The van der Waals surface area contributed by atoms with Crippen LogP contribution in [0.5, 0.6) is 0 Å². The summed E-state index contributed by atoms with van der Waals surface area (Å²) in [5, 5.41) is 10.6. The van der Waals surface area contributed by atoms with Crippen molar-refractivity contribution in [3.8, 4) is 23.1 Å². The summed E-state index contributed by atoms with van der Waals surface area (Å²) in [5.41, 5.74) is 8.43. The van der Waals surface area contributed by atoms with E-state index in [1.807, 2.05) is 43.3 Å². The molecule has 1 aliphatic heterocycles. The van der Waals surface area contributed by atoms with Gasteiger partial charge in [-0.2, -0.15) is 0 Å². The first-order chi connectivity index (χ1) is 13.8. The second-order valence-corrected chi connectivity index (χ2v) is 7.38. The number of likely N-dealkylation sites (N-methyl/N-ethyl adjacent to an activating group) is 1. The first-order valence-electron chi connectivity index (χ1n) is 9.31. The van der Waals surface area contributed by atoms with E-state index < -0.39 is 5.60 Å². The van der Waals surface area contributed by atoms with Crippen LogP contribution in [0.4, 0.5) is 5.82 Å². The number of hydrogen-bond donors (Lipinski definition) is 2. The highest BCUT2D eigenvalue weighted by atomic mass is 16.3. The molecule has 2 atom stereocenters. The number of aliphatic hydroxyl groups is 1. The molecule has 0 saturated carbocycles. The van der Waals surface area contributed by atoms with Crippen LogP contribution in [0.3, 0.4) is 0 Å². The Hall–Kier alpha value is -3.44. The van der Waals surface area contributed by atoms with Crippen molar-refractivity contribution in [1.29, 1.82) is 0 Å². The minimum atomic E-state index is -1.64. The third-order valence-corrected chi connectivity index (χ3v) is 5.18. The van der Waals surface area contributed by atoms with Gasteiger partial charge in [0.1, 0.15) is 5.52 Å². The van der Waals surface area contributed by atoms with Crippen molar-refractivity contribution in [2.45, 2.75) is 25.0 Å². The molecule has 0 spiro atoms. The molecule has 1 saturated heterocycles. The summed E-state index contributed by atoms with van der Waals surface area (Å²) in [6.07, 6.45) is 0.292. The van der Waals surface area contributed by atoms with Crippen LogP contribution in [-0.2, 0) is 4.79 Å². The van der Waals surface area contributed by atoms with Crippen molar-refractivity contribution in [3.05, 3.63) is 42.0 Å². The van der Waals surface area contributed by atoms with Gasteiger partial charge in [0.05, 0.1) is 16.9 Å². The van der Waals surface area contributed by atoms with E-state index in [9.17, 15) is 9.90 Å². The normalized spacial score (nSPS) is 21.3. The second-order valence-electron chi connectivity index (χ2n) is 7.38. The molecule has 3 N–H and O–H groups in total. The first-order valence-corrected chi connectivity index (χ1v) is 9.31. The number of aromatic nitrogens is 3. The number of hydrogen-bond acceptors (Lipinski definition) is 6. The average molecular weight is 385 g/mol. The van der Waals surface area contributed by atoms with Crippen LogP contribution in [0.1, 0.15) is 18.9 Å². The molecule has 1 aliphatic rings. The fourth-order valence-corrected chi connectivity index (χ4v) is 3.50. The van der Waals surface area contributed by atoms with E-state index in [1.54, 1.807) is 14.9 Å². The zero-order chi connectivity index (χ0) is 20.8. The summed E-state index contributed by atoms with van der Waals surface area (Å²) in [7, 11) is 3.46. The Bertz CT molecular complexity index is 1200. The number of amides is 1. The Morgan fingerprint density at radius 2 is 2.07 bits per heavy atom. The molecule has 4 rings (SSSR count). The molecule has 3 heterocycles. The SMILES string of the molecule is Bc1nc(N)c2nc(-c3cccc(C#C[C@]4(O)C[C@H](C)N(C)C4=O)c3)ccc2n1. The van der Waals surface area contributed by atoms with E-state index in [4.69, 9.17) is 5.73 Å². The number of likely N-dealkylation sites (tertiary alicyclic amines) is 1. The summed E-state index contributed by atoms with van der Waals surface area (Å²) in [6.45, 7) is 1.89. The van der Waals surface area contributed by atoms with Gasteiger partial charge < -0.3 is 15.7 Å². The largest absolute Gasteiger partial charge is 0.382 e. The van der Waals surface area contributed by atoms with Crippen LogP contribution in [-0.4, -0.2) is 57.4 Å². The maximum atomic E-state index is 12.3. The van der Waals surface area contributed by atoms with E-state index in [1.165, 1.54) is 4.90 Å². The third-order valence-electron chi connectivity index (χ3n) is 5.18. The van der Waals surface area contributed by atoms with Gasteiger partial charge in [-0.05, 0) is 31.2 Å². The maximum absolute atomic E-state index is 12.3. The summed E-state index contributed by atoms with van der Waals surface area (Å²) < 4.78 is 0. The van der Waals surface area contributed by atoms with Crippen molar-refractivity contribution >= 4 is 36.3 Å². The predicted molar refractivity (Wildman–Crippen MR) is 114 cm³/mol. The van der Waals surface area contributed by atoms with Crippen LogP contribution >= 0.6 is 0 Å². The van der Waals surface area contributed by atoms with Gasteiger partial charge in [-0.1, -0.05) is 24.0 Å². The molecular formula is C21H20BN5O2. The van der Waals surface area contributed by atoms with E-state index in [2.05, 4.69) is 26.8 Å². The molecule has 144 valence electrons. The molecule has 29 heavy (non-hydrogen) atoms. The number of rotatable bonds is 1. The van der Waals surface area contributed by atoms with Crippen LogP contribution in [0.2, 0.25) is 0 Å². The van der Waals surface area contributed by atoms with E-state index in [0.717, 1.165) is 5.56 Å². The van der Waals surface area contributed by atoms with Gasteiger partial charge in [0, 0.05) is 30.6 Å². The maximum Gasteiger partial charge on any atom is 0.267 e. The van der Waals surface area contributed by atoms with Gasteiger partial charge in [0.15, 0.2) is 13.7 Å². The molecule has 8 heteroatoms. The monoisotopic (exact) mass is 385 g/mol. The van der Waals surface area contributed by atoms with Crippen molar-refractivity contribution in [1.82, 2.24) is 19.9 Å². The molecule has 1 amide bonds. The Labute approximate surface area is 169 Å². The fraction of sp³-hybridized carbons (Fsp3) is 0.238. The average Bonchev–Trinajstić information content (AvgIpc) is 2.89. The lowest BCUT2D eigenvalue weighted by Gasteiger charge is -2.14. The second kappa shape index (κ2) is 6.87. The number of benzene rings is 1. The molecule has 0 unspecified atom stereocenters. The van der Waals surface area contributed by atoms with Crippen molar-refractivity contribution < 1.29 is 9.90 Å². The number of nitrogen functional groups attached to an aromatic ring is 1. The number of carbonyl (C=O) groups is 1. The molecule has 0 aliphatic carbocycles. The van der Waals surface area contributed by atoms with E-state index in [-0.39, 0.29) is 11.9 Å². The molecule has 2 aromatic heterocycles. The molecule has 3 aromatic rings. The number of carbonyl (C=O) groups excluding carboxylic acids is 1. The topological polar surface area (TPSA) is 105 Å². The standard InChI is InChI=1S/C21H20BN5O2/c1-12-11-21(29,19(28)27(12)2)9-8-13-4-3-5-14(10-13)15-6-7-16-17(24-15)18(23)26-20(22)25-16/h3-7,10,12,29H,11,22H2,1-2H3,(H2,23,25,26)/t12-,21-/m0/s1. The number of pyridine rings is 1. The van der Waals surface area contributed by atoms with Crippen molar-refractivity contribution in [3.63, 3.8) is 0 Å². The van der Waals surface area contributed by atoms with Gasteiger partial charge in [-0.25, -0.2) is 15.0 Å². The highest BCUT2D eigenvalue weighted by molar-refractivity contribution is 6.29. The smallest absolute Gasteiger partial charge is 0.267 e. The van der Waals surface area contributed by atoms with E-state index in [0.29, 0.717) is 40.3 Å². The summed E-state index contributed by atoms with van der Waals surface area (Å²) in [5.74, 6) is 5.68. The van der Waals surface area contributed by atoms with Crippen LogP contribution in [0.25, 0.3) is 22.3 Å². The van der Waals surface area contributed by atoms with Crippen LogP contribution < -0.4 is 11.5 Å². The fourth-order valence-electron chi connectivity index (χ4n) is 3.50. The van der Waals surface area contributed by atoms with Gasteiger partial charge in [0.2, 0.25) is 5.60 Å². The lowest BCUT2D eigenvalue weighted by atomic mass is 10.00. The van der Waals surface area contributed by atoms with Crippen molar-refractivity contribution in [2.75, 3.05) is 12.8 Å². The predicted octanol–water partition coefficient (Wildman–Crippen LogP) is -0.134. The van der Waals surface area contributed by atoms with Crippen LogP contribution in [0.15, 0.2) is 36.4 Å². The molecular weight excluding hydrogens is 365 g/mol. The highest BCUT2D eigenvalue weighted by Crippen LogP contribution is 2.27. The quantitative estimate of drug-likeness (QED) is 0.447. The van der Waals surface area contributed by atoms with Gasteiger partial charge in [0.25, 0.3) is 5.91 Å². The Morgan fingerprint density at radius 1 is 1.28 bits per heavy atom. The van der Waals surface area contributed by atoms with Crippen molar-refractivity contribution in [2.24, 2.45) is 0 Å². The lowest BCUT2D eigenvalue weighted by Crippen LogP contribution is -2.37. The summed E-state index contributed by atoms with van der Waals surface area (Å²) in [6, 6.07) is 11.1. The highest BCUT2D eigenvalue weighted by Gasteiger charge is 2.46. The summed E-state index contributed by atoms with van der Waals surface area (Å²) >= 11 is 0. The number of nitrogens with zero attached hydrogens (tertiary/aromatic N) is 4. The zero-order valence-electron chi connectivity index (χ0n) is 16.5. The Kier molecular flexibility index (Phi) is 4.48.